The second kappa shape index (κ2) is 11.0. The van der Waals surface area contributed by atoms with Gasteiger partial charge in [-0.15, -0.1) is 23.1 Å². The van der Waals surface area contributed by atoms with Crippen LogP contribution in [-0.2, 0) is 10.5 Å². The Hall–Kier alpha value is -1.86. The van der Waals surface area contributed by atoms with Crippen LogP contribution in [-0.4, -0.2) is 53.3 Å². The molecular weight excluding hydrogens is 414 g/mol. The lowest BCUT2D eigenvalue weighted by molar-refractivity contribution is -0.135. The van der Waals surface area contributed by atoms with Crippen LogP contribution < -0.4 is 0 Å². The van der Waals surface area contributed by atoms with Gasteiger partial charge in [0.05, 0.1) is 10.7 Å². The highest BCUT2D eigenvalue weighted by molar-refractivity contribution is 7.98. The molecule has 7 heteroatoms. The molecule has 1 aliphatic heterocycles. The van der Waals surface area contributed by atoms with Crippen molar-refractivity contribution in [2.75, 3.05) is 26.7 Å². The minimum absolute atomic E-state index is 0.0454. The average molecular weight is 446 g/mol. The Kier molecular flexibility index (Phi) is 8.33. The Morgan fingerprint density at radius 3 is 2.53 bits per heavy atom. The zero-order valence-electron chi connectivity index (χ0n) is 18.1. The number of piperidine rings is 1. The quantitative estimate of drug-likeness (QED) is 0.545. The maximum absolute atomic E-state index is 12.9. The summed E-state index contributed by atoms with van der Waals surface area (Å²) >= 11 is 3.40. The molecule has 30 heavy (non-hydrogen) atoms. The van der Waals surface area contributed by atoms with Gasteiger partial charge in [-0.05, 0) is 50.5 Å². The smallest absolute Gasteiger partial charge is 0.253 e. The first-order chi connectivity index (χ1) is 14.5. The highest BCUT2D eigenvalue weighted by Gasteiger charge is 2.29. The molecule has 0 radical (unpaired) electrons. The third kappa shape index (κ3) is 6.08. The number of thioether (sulfide) groups is 1. The number of hydrogen-bond donors (Lipinski definition) is 0. The Labute approximate surface area is 187 Å². The van der Waals surface area contributed by atoms with E-state index in [1.54, 1.807) is 23.1 Å². The van der Waals surface area contributed by atoms with E-state index in [0.29, 0.717) is 18.7 Å². The number of rotatable bonds is 8. The number of amides is 2. The maximum atomic E-state index is 12.9. The zero-order valence-corrected chi connectivity index (χ0v) is 19.7. The summed E-state index contributed by atoms with van der Waals surface area (Å²) in [7, 11) is 1.89. The first kappa shape index (κ1) is 22.8. The number of carbonyl (C=O) groups excluding carboxylic acids is 2. The largest absolute Gasteiger partial charge is 0.346 e. The van der Waals surface area contributed by atoms with Gasteiger partial charge in [0.25, 0.3) is 5.91 Å². The Bertz CT molecular complexity index is 842. The first-order valence-corrected chi connectivity index (χ1v) is 12.5. The third-order valence-electron chi connectivity index (χ3n) is 5.51. The lowest BCUT2D eigenvalue weighted by Gasteiger charge is -2.33. The summed E-state index contributed by atoms with van der Waals surface area (Å²) < 4.78 is 0. The van der Waals surface area contributed by atoms with Gasteiger partial charge >= 0.3 is 0 Å². The summed E-state index contributed by atoms with van der Waals surface area (Å²) in [6.07, 6.45) is 3.63. The van der Waals surface area contributed by atoms with E-state index in [2.05, 4.69) is 17.3 Å². The van der Waals surface area contributed by atoms with E-state index in [0.717, 1.165) is 53.6 Å². The summed E-state index contributed by atoms with van der Waals surface area (Å²) in [5, 5.41) is 3.18. The van der Waals surface area contributed by atoms with Crippen molar-refractivity contribution in [1.82, 2.24) is 14.8 Å². The Morgan fingerprint density at radius 2 is 1.93 bits per heavy atom. The van der Waals surface area contributed by atoms with Crippen molar-refractivity contribution in [3.63, 3.8) is 0 Å². The molecule has 0 saturated carbocycles. The van der Waals surface area contributed by atoms with Gasteiger partial charge in [0.2, 0.25) is 5.91 Å². The van der Waals surface area contributed by atoms with Gasteiger partial charge in [-0.25, -0.2) is 4.98 Å². The van der Waals surface area contributed by atoms with Gasteiger partial charge in [0.15, 0.2) is 0 Å². The minimum atomic E-state index is 0.0454. The van der Waals surface area contributed by atoms with E-state index >= 15 is 0 Å². The van der Waals surface area contributed by atoms with Crippen LogP contribution in [0.1, 0.15) is 53.7 Å². The van der Waals surface area contributed by atoms with Gasteiger partial charge < -0.3 is 9.80 Å². The van der Waals surface area contributed by atoms with Crippen molar-refractivity contribution < 1.29 is 9.59 Å². The van der Waals surface area contributed by atoms with Crippen LogP contribution in [0.15, 0.2) is 34.5 Å². The van der Waals surface area contributed by atoms with Crippen LogP contribution >= 0.6 is 23.1 Å². The number of carbonyl (C=O) groups is 2. The molecule has 0 spiro atoms. The van der Waals surface area contributed by atoms with Crippen molar-refractivity contribution in [3.05, 3.63) is 45.9 Å². The monoisotopic (exact) mass is 445 g/mol. The Morgan fingerprint density at radius 1 is 1.23 bits per heavy atom. The van der Waals surface area contributed by atoms with E-state index in [1.807, 2.05) is 48.0 Å². The normalized spacial score (nSPS) is 14.7. The molecule has 0 bridgehead atoms. The standard InChI is InChI=1S/C23H31N3O2S2/c1-4-5-12-25(3)22(27)19-10-13-26(14-11-19)23(28)18-6-8-21(9-7-18)30-16-20-15-29-17(2)24-20/h6-9,15,19H,4-5,10-14,16H2,1-3H3. The lowest BCUT2D eigenvalue weighted by Crippen LogP contribution is -2.43. The predicted octanol–water partition coefficient (Wildman–Crippen LogP) is 4.85. The molecule has 2 amide bonds. The third-order valence-corrected chi connectivity index (χ3v) is 7.38. The van der Waals surface area contributed by atoms with Gasteiger partial charge in [-0.2, -0.15) is 0 Å². The van der Waals surface area contributed by atoms with Crippen LogP contribution in [0.5, 0.6) is 0 Å². The summed E-state index contributed by atoms with van der Waals surface area (Å²) in [5.74, 6) is 1.18. The second-order valence-corrected chi connectivity index (χ2v) is 9.96. The fourth-order valence-corrected chi connectivity index (χ4v) is 5.16. The molecule has 5 nitrogen and oxygen atoms in total. The van der Waals surface area contributed by atoms with Crippen molar-refractivity contribution in [1.29, 1.82) is 0 Å². The lowest BCUT2D eigenvalue weighted by atomic mass is 9.95. The average Bonchev–Trinajstić information content (AvgIpc) is 3.20. The van der Waals surface area contributed by atoms with E-state index in [-0.39, 0.29) is 17.7 Å². The van der Waals surface area contributed by atoms with Crippen molar-refractivity contribution in [2.24, 2.45) is 5.92 Å². The van der Waals surface area contributed by atoms with E-state index < -0.39 is 0 Å². The first-order valence-electron chi connectivity index (χ1n) is 10.7. The molecule has 1 aromatic heterocycles. The number of benzene rings is 1. The number of thiazole rings is 1. The van der Waals surface area contributed by atoms with Gasteiger partial charge in [0, 0.05) is 54.2 Å². The predicted molar refractivity (Wildman–Crippen MR) is 124 cm³/mol. The van der Waals surface area contributed by atoms with Crippen LogP contribution in [0.3, 0.4) is 0 Å². The molecule has 1 saturated heterocycles. The highest BCUT2D eigenvalue weighted by Crippen LogP contribution is 2.25. The molecule has 0 unspecified atom stereocenters. The van der Waals surface area contributed by atoms with Gasteiger partial charge in [0.1, 0.15) is 0 Å². The number of likely N-dealkylation sites (tertiary alicyclic amines) is 1. The molecule has 1 aromatic carbocycles. The molecule has 1 aliphatic rings. The molecule has 1 fully saturated rings. The molecule has 0 N–H and O–H groups in total. The molecule has 3 rings (SSSR count). The summed E-state index contributed by atoms with van der Waals surface area (Å²) in [4.78, 5) is 34.8. The van der Waals surface area contributed by atoms with E-state index in [9.17, 15) is 9.59 Å². The molecule has 0 atom stereocenters. The number of aromatic nitrogens is 1. The molecule has 2 aromatic rings. The SMILES string of the molecule is CCCCN(C)C(=O)C1CCN(C(=O)c2ccc(SCc3csc(C)n3)cc2)CC1. The van der Waals surface area contributed by atoms with E-state index in [4.69, 9.17) is 0 Å². The van der Waals surface area contributed by atoms with Crippen LogP contribution in [0.25, 0.3) is 0 Å². The van der Waals surface area contributed by atoms with Gasteiger partial charge in [-0.1, -0.05) is 13.3 Å². The molecule has 2 heterocycles. The minimum Gasteiger partial charge on any atom is -0.346 e. The van der Waals surface area contributed by atoms with Crippen molar-refractivity contribution in [3.8, 4) is 0 Å². The second-order valence-electron chi connectivity index (χ2n) is 7.85. The van der Waals surface area contributed by atoms with Gasteiger partial charge in [-0.3, -0.25) is 9.59 Å². The number of aryl methyl sites for hydroxylation is 1. The highest BCUT2D eigenvalue weighted by atomic mass is 32.2. The summed E-state index contributed by atoms with van der Waals surface area (Å²) in [5.41, 5.74) is 1.81. The van der Waals surface area contributed by atoms with Crippen LogP contribution in [0.4, 0.5) is 0 Å². The van der Waals surface area contributed by atoms with E-state index in [1.165, 1.54) is 0 Å². The van der Waals surface area contributed by atoms with Crippen molar-refractivity contribution >= 4 is 34.9 Å². The number of hydrogen-bond acceptors (Lipinski definition) is 5. The van der Waals surface area contributed by atoms with Crippen molar-refractivity contribution in [2.45, 2.75) is 50.2 Å². The molecule has 162 valence electrons. The summed E-state index contributed by atoms with van der Waals surface area (Å²) in [6.45, 7) is 6.27. The Balaban J connectivity index is 1.48. The zero-order chi connectivity index (χ0) is 21.5. The maximum Gasteiger partial charge on any atom is 0.253 e. The summed E-state index contributed by atoms with van der Waals surface area (Å²) in [6, 6.07) is 7.84. The van der Waals surface area contributed by atoms with Crippen LogP contribution in [0.2, 0.25) is 0 Å². The molecule has 0 aliphatic carbocycles. The topological polar surface area (TPSA) is 53.5 Å². The number of nitrogens with zero attached hydrogens (tertiary/aromatic N) is 3. The molecular formula is C23H31N3O2S2. The number of unbranched alkanes of at least 4 members (excludes halogenated alkanes) is 1. The fraction of sp³-hybridized carbons (Fsp3) is 0.522. The van der Waals surface area contributed by atoms with Crippen LogP contribution in [0, 0.1) is 12.8 Å². The fourth-order valence-electron chi connectivity index (χ4n) is 3.65.